The van der Waals surface area contributed by atoms with Crippen molar-refractivity contribution in [3.05, 3.63) is 118 Å². The summed E-state index contributed by atoms with van der Waals surface area (Å²) in [6, 6.07) is 6.12. The molecule has 41 heavy (non-hydrogen) atoms. The van der Waals surface area contributed by atoms with E-state index in [2.05, 4.69) is 11.3 Å². The van der Waals surface area contributed by atoms with Crippen molar-refractivity contribution in [1.82, 2.24) is 0 Å². The van der Waals surface area contributed by atoms with Gasteiger partial charge < -0.3 is 14.2 Å². The summed E-state index contributed by atoms with van der Waals surface area (Å²) in [4.78, 5) is 0. The fourth-order valence-corrected chi connectivity index (χ4v) is 4.09. The van der Waals surface area contributed by atoms with Gasteiger partial charge in [-0.25, -0.2) is 30.7 Å². The van der Waals surface area contributed by atoms with Gasteiger partial charge >= 0.3 is 6.11 Å². The molecular formula is C29H21F9O3. The quantitative estimate of drug-likeness (QED) is 0.142. The minimum Gasteiger partial charge on any atom is -0.429 e. The fourth-order valence-electron chi connectivity index (χ4n) is 4.09. The lowest BCUT2D eigenvalue weighted by Gasteiger charge is -2.30. The van der Waals surface area contributed by atoms with Gasteiger partial charge in [0.2, 0.25) is 0 Å². The largest absolute Gasteiger partial charge is 0.429 e. The van der Waals surface area contributed by atoms with Crippen LogP contribution in [0.15, 0.2) is 67.0 Å². The monoisotopic (exact) mass is 588 g/mol. The van der Waals surface area contributed by atoms with Gasteiger partial charge in [0.1, 0.15) is 23.2 Å². The highest BCUT2D eigenvalue weighted by Crippen LogP contribution is 2.37. The summed E-state index contributed by atoms with van der Waals surface area (Å²) in [5, 5.41) is 0. The number of benzene rings is 3. The van der Waals surface area contributed by atoms with Crippen LogP contribution in [0.1, 0.15) is 47.3 Å². The first-order chi connectivity index (χ1) is 19.4. The topological polar surface area (TPSA) is 27.7 Å². The van der Waals surface area contributed by atoms with Crippen molar-refractivity contribution in [3.63, 3.8) is 0 Å². The molecule has 4 rings (SSSR count). The van der Waals surface area contributed by atoms with E-state index in [1.807, 2.05) is 0 Å². The van der Waals surface area contributed by atoms with E-state index in [4.69, 9.17) is 9.47 Å². The highest BCUT2D eigenvalue weighted by atomic mass is 19.3. The Morgan fingerprint density at radius 1 is 0.878 bits per heavy atom. The molecule has 0 amide bonds. The fraction of sp³-hybridized carbons (Fsp3) is 0.241. The maximum Gasteiger partial charge on any atom is 0.426 e. The molecule has 0 aliphatic carbocycles. The van der Waals surface area contributed by atoms with Crippen molar-refractivity contribution >= 4 is 5.83 Å². The number of alkyl halides is 2. The average molecular weight is 588 g/mol. The van der Waals surface area contributed by atoms with Crippen LogP contribution in [0, 0.1) is 29.1 Å². The first-order valence-corrected chi connectivity index (χ1v) is 12.1. The molecule has 1 aliphatic heterocycles. The van der Waals surface area contributed by atoms with Crippen LogP contribution in [0.3, 0.4) is 0 Å². The minimum absolute atomic E-state index is 0.137. The SMILES string of the molecule is C=CCCC(F)=C(F)c1cc(F)c(C2COC(c3ccc(C(F)(F)Oc4cc(F)c(F)c(F)c4)cc3)OC2)c(F)c1. The van der Waals surface area contributed by atoms with Crippen molar-refractivity contribution in [1.29, 1.82) is 0 Å². The summed E-state index contributed by atoms with van der Waals surface area (Å²) in [5.41, 5.74) is -1.52. The van der Waals surface area contributed by atoms with E-state index in [-0.39, 0.29) is 43.8 Å². The van der Waals surface area contributed by atoms with Crippen LogP contribution in [0.2, 0.25) is 0 Å². The van der Waals surface area contributed by atoms with E-state index in [1.54, 1.807) is 0 Å². The molecular weight excluding hydrogens is 567 g/mol. The van der Waals surface area contributed by atoms with Gasteiger partial charge in [-0.2, -0.15) is 8.78 Å². The standard InChI is InChI=1S/C29H21F9O3/c1-2-3-4-20(30)26(35)16-9-21(31)25(22(32)10-16)17-13-39-28(40-14-17)15-5-7-18(8-6-15)29(37,38)41-19-11-23(33)27(36)24(34)12-19/h2,5-12,17,28H,1,3-4,13-14H2. The van der Waals surface area contributed by atoms with Crippen molar-refractivity contribution in [2.75, 3.05) is 13.2 Å². The lowest BCUT2D eigenvalue weighted by atomic mass is 9.96. The predicted molar refractivity (Wildman–Crippen MR) is 130 cm³/mol. The lowest BCUT2D eigenvalue weighted by Crippen LogP contribution is -2.27. The minimum atomic E-state index is -4.06. The Morgan fingerprint density at radius 3 is 1.98 bits per heavy atom. The highest BCUT2D eigenvalue weighted by molar-refractivity contribution is 5.61. The number of allylic oxidation sites excluding steroid dienone is 2. The number of halogens is 9. The zero-order valence-corrected chi connectivity index (χ0v) is 21.0. The van der Waals surface area contributed by atoms with Crippen molar-refractivity contribution in [2.24, 2.45) is 0 Å². The first-order valence-electron chi connectivity index (χ1n) is 12.1. The lowest BCUT2D eigenvalue weighted by molar-refractivity contribution is -0.193. The average Bonchev–Trinajstić information content (AvgIpc) is 2.94. The van der Waals surface area contributed by atoms with Gasteiger partial charge in [0.25, 0.3) is 0 Å². The summed E-state index contributed by atoms with van der Waals surface area (Å²) >= 11 is 0. The maximum absolute atomic E-state index is 14.7. The summed E-state index contributed by atoms with van der Waals surface area (Å²) in [5.74, 6) is -12.0. The third kappa shape index (κ3) is 6.76. The molecule has 0 saturated carbocycles. The molecule has 0 atom stereocenters. The molecule has 0 spiro atoms. The maximum atomic E-state index is 14.7. The van der Waals surface area contributed by atoms with E-state index in [1.165, 1.54) is 18.2 Å². The molecule has 3 aromatic rings. The number of hydrogen-bond acceptors (Lipinski definition) is 3. The van der Waals surface area contributed by atoms with Crippen LogP contribution < -0.4 is 4.74 Å². The highest BCUT2D eigenvalue weighted by Gasteiger charge is 2.36. The van der Waals surface area contributed by atoms with Gasteiger partial charge in [-0.15, -0.1) is 6.58 Å². The zero-order chi connectivity index (χ0) is 29.9. The molecule has 0 unspecified atom stereocenters. The molecule has 12 heteroatoms. The Hall–Kier alpha value is -3.77. The predicted octanol–water partition coefficient (Wildman–Crippen LogP) is 8.91. The van der Waals surface area contributed by atoms with Crippen LogP contribution >= 0.6 is 0 Å². The molecule has 0 bridgehead atoms. The molecule has 1 fully saturated rings. The Balaban J connectivity index is 1.42. The Labute approximate surface area is 228 Å². The van der Waals surface area contributed by atoms with Gasteiger partial charge in [-0.05, 0) is 30.7 Å². The van der Waals surface area contributed by atoms with Gasteiger partial charge in [0.05, 0.1) is 18.8 Å². The van der Waals surface area contributed by atoms with E-state index in [0.29, 0.717) is 12.1 Å². The van der Waals surface area contributed by atoms with Crippen molar-refractivity contribution in [2.45, 2.75) is 31.2 Å². The van der Waals surface area contributed by atoms with Crippen LogP contribution in [0.5, 0.6) is 5.75 Å². The third-order valence-electron chi connectivity index (χ3n) is 6.17. The van der Waals surface area contributed by atoms with E-state index >= 15 is 0 Å². The van der Waals surface area contributed by atoms with Crippen LogP contribution in [0.4, 0.5) is 39.5 Å². The normalized spacial score (nSPS) is 18.2. The smallest absolute Gasteiger partial charge is 0.426 e. The second kappa shape index (κ2) is 12.4. The van der Waals surface area contributed by atoms with E-state index in [0.717, 1.165) is 12.1 Å². The third-order valence-corrected chi connectivity index (χ3v) is 6.17. The molecule has 0 N–H and O–H groups in total. The van der Waals surface area contributed by atoms with Gasteiger partial charge in [-0.3, -0.25) is 0 Å². The summed E-state index contributed by atoms with van der Waals surface area (Å²) < 4.78 is 142. The van der Waals surface area contributed by atoms with Crippen LogP contribution in [0.25, 0.3) is 5.83 Å². The summed E-state index contributed by atoms with van der Waals surface area (Å²) in [6.07, 6.45) is -3.96. The molecule has 1 saturated heterocycles. The second-order valence-corrected chi connectivity index (χ2v) is 9.04. The van der Waals surface area contributed by atoms with Crippen molar-refractivity contribution < 1.29 is 53.7 Å². The molecule has 0 aromatic heterocycles. The second-order valence-electron chi connectivity index (χ2n) is 9.04. The van der Waals surface area contributed by atoms with Crippen molar-refractivity contribution in [3.8, 4) is 5.75 Å². The molecule has 218 valence electrons. The zero-order valence-electron chi connectivity index (χ0n) is 21.0. The Morgan fingerprint density at radius 2 is 1.44 bits per heavy atom. The number of ether oxygens (including phenoxy) is 3. The number of hydrogen-bond donors (Lipinski definition) is 0. The molecule has 3 aromatic carbocycles. The van der Waals surface area contributed by atoms with Gasteiger partial charge in [0, 0.05) is 41.2 Å². The Bertz CT molecular complexity index is 1400. The summed E-state index contributed by atoms with van der Waals surface area (Å²) in [7, 11) is 0. The van der Waals surface area contributed by atoms with Crippen LogP contribution in [-0.4, -0.2) is 13.2 Å². The molecule has 0 radical (unpaired) electrons. The molecule has 1 aliphatic rings. The molecule has 1 heterocycles. The first kappa shape index (κ1) is 30.2. The van der Waals surface area contributed by atoms with E-state index < -0.39 is 81.5 Å². The van der Waals surface area contributed by atoms with Crippen LogP contribution in [-0.2, 0) is 15.6 Å². The van der Waals surface area contributed by atoms with E-state index in [9.17, 15) is 39.5 Å². The Kier molecular flexibility index (Phi) is 9.13. The molecule has 3 nitrogen and oxygen atoms in total. The number of rotatable bonds is 9. The summed E-state index contributed by atoms with van der Waals surface area (Å²) in [6.45, 7) is 2.88. The van der Waals surface area contributed by atoms with Gasteiger partial charge in [-0.1, -0.05) is 18.2 Å². The van der Waals surface area contributed by atoms with Gasteiger partial charge in [0.15, 0.2) is 29.6 Å².